The Morgan fingerprint density at radius 1 is 1.00 bits per heavy atom. The van der Waals surface area contributed by atoms with E-state index in [0.29, 0.717) is 12.8 Å². The molecule has 0 aromatic rings. The van der Waals surface area contributed by atoms with E-state index in [4.69, 9.17) is 0 Å². The van der Waals surface area contributed by atoms with Gasteiger partial charge in [-0.25, -0.2) is 0 Å². The van der Waals surface area contributed by atoms with Gasteiger partial charge in [-0.2, -0.15) is 0 Å². The molecule has 2 aliphatic heterocycles. The number of piperidine rings is 1. The SMILES string of the molecule is CC.CC(=O)CCC(=O)N1CCC(CCCN2CCNCC2)CC1. The summed E-state index contributed by atoms with van der Waals surface area (Å²) >= 11 is 0. The lowest BCUT2D eigenvalue weighted by Crippen LogP contribution is -2.44. The van der Waals surface area contributed by atoms with Crippen LogP contribution in [0.15, 0.2) is 0 Å². The minimum Gasteiger partial charge on any atom is -0.343 e. The van der Waals surface area contributed by atoms with Gasteiger partial charge in [-0.15, -0.1) is 0 Å². The molecule has 1 amide bonds. The van der Waals surface area contributed by atoms with Gasteiger partial charge in [-0.1, -0.05) is 13.8 Å². The minimum absolute atomic E-state index is 0.108. The van der Waals surface area contributed by atoms with Gasteiger partial charge in [-0.05, 0) is 45.1 Å². The van der Waals surface area contributed by atoms with Crippen molar-refractivity contribution in [3.63, 3.8) is 0 Å². The highest BCUT2D eigenvalue weighted by atomic mass is 16.2. The Balaban J connectivity index is 0.00000139. The first-order valence-electron chi connectivity index (χ1n) is 9.85. The molecule has 2 rings (SSSR count). The molecular formula is C19H37N3O2. The monoisotopic (exact) mass is 339 g/mol. The van der Waals surface area contributed by atoms with Crippen molar-refractivity contribution in [1.82, 2.24) is 15.1 Å². The fourth-order valence-corrected chi connectivity index (χ4v) is 3.45. The number of hydrogen-bond donors (Lipinski definition) is 1. The molecule has 0 radical (unpaired) electrons. The molecule has 0 bridgehead atoms. The highest BCUT2D eigenvalue weighted by molar-refractivity contribution is 5.83. The van der Waals surface area contributed by atoms with Crippen LogP contribution in [0.25, 0.3) is 0 Å². The van der Waals surface area contributed by atoms with Gasteiger partial charge in [0.1, 0.15) is 5.78 Å². The summed E-state index contributed by atoms with van der Waals surface area (Å²) in [6.07, 6.45) is 5.62. The van der Waals surface area contributed by atoms with Gasteiger partial charge in [-0.3, -0.25) is 4.79 Å². The molecule has 0 aliphatic carbocycles. The Morgan fingerprint density at radius 3 is 2.21 bits per heavy atom. The molecule has 0 unspecified atom stereocenters. The van der Waals surface area contributed by atoms with Crippen molar-refractivity contribution in [3.8, 4) is 0 Å². The second kappa shape index (κ2) is 12.4. The maximum absolute atomic E-state index is 12.0. The fourth-order valence-electron chi connectivity index (χ4n) is 3.45. The third kappa shape index (κ3) is 8.25. The zero-order valence-corrected chi connectivity index (χ0v) is 16.0. The maximum Gasteiger partial charge on any atom is 0.223 e. The van der Waals surface area contributed by atoms with Crippen molar-refractivity contribution in [2.24, 2.45) is 5.92 Å². The van der Waals surface area contributed by atoms with E-state index in [1.165, 1.54) is 32.5 Å². The molecular weight excluding hydrogens is 302 g/mol. The number of nitrogens with one attached hydrogen (secondary N) is 1. The van der Waals surface area contributed by atoms with Crippen molar-refractivity contribution < 1.29 is 9.59 Å². The zero-order chi connectivity index (χ0) is 17.8. The van der Waals surface area contributed by atoms with Crippen molar-refractivity contribution in [1.29, 1.82) is 0 Å². The molecule has 24 heavy (non-hydrogen) atoms. The zero-order valence-electron chi connectivity index (χ0n) is 16.0. The van der Waals surface area contributed by atoms with E-state index in [2.05, 4.69) is 10.2 Å². The van der Waals surface area contributed by atoms with E-state index >= 15 is 0 Å². The Labute approximate surface area is 148 Å². The number of rotatable bonds is 7. The second-order valence-corrected chi connectivity index (χ2v) is 6.76. The molecule has 0 saturated carbocycles. The standard InChI is InChI=1S/C17H31N3O2.C2H6/c1-15(21)4-5-17(22)20-11-6-16(7-12-20)3-2-10-19-13-8-18-9-14-19;1-2/h16,18H,2-14H2,1H3;1-2H3. The molecule has 2 saturated heterocycles. The van der Waals surface area contributed by atoms with Crippen LogP contribution in [0.3, 0.4) is 0 Å². The molecule has 1 N–H and O–H groups in total. The number of hydrogen-bond acceptors (Lipinski definition) is 4. The number of piperazine rings is 1. The van der Waals surface area contributed by atoms with Gasteiger partial charge in [0, 0.05) is 52.1 Å². The Kier molecular flexibility index (Phi) is 10.9. The summed E-state index contributed by atoms with van der Waals surface area (Å²) in [5.41, 5.74) is 0. The first-order valence-corrected chi connectivity index (χ1v) is 9.85. The van der Waals surface area contributed by atoms with Crippen LogP contribution in [0.4, 0.5) is 0 Å². The summed E-state index contributed by atoms with van der Waals surface area (Å²) < 4.78 is 0. The normalized spacial score (nSPS) is 19.5. The second-order valence-electron chi connectivity index (χ2n) is 6.76. The lowest BCUT2D eigenvalue weighted by Gasteiger charge is -2.33. The predicted molar refractivity (Wildman–Crippen MR) is 99.1 cm³/mol. The maximum atomic E-state index is 12.0. The molecule has 5 heteroatoms. The largest absolute Gasteiger partial charge is 0.343 e. The summed E-state index contributed by atoms with van der Waals surface area (Å²) in [7, 11) is 0. The highest BCUT2D eigenvalue weighted by Crippen LogP contribution is 2.22. The van der Waals surface area contributed by atoms with E-state index < -0.39 is 0 Å². The summed E-state index contributed by atoms with van der Waals surface area (Å²) in [5, 5.41) is 3.39. The number of nitrogens with zero attached hydrogens (tertiary/aromatic N) is 2. The first-order chi connectivity index (χ1) is 11.6. The molecule has 0 aromatic carbocycles. The van der Waals surface area contributed by atoms with Crippen LogP contribution < -0.4 is 5.32 Å². The van der Waals surface area contributed by atoms with Crippen LogP contribution in [0.1, 0.15) is 59.3 Å². The molecule has 2 aliphatic rings. The van der Waals surface area contributed by atoms with Gasteiger partial charge >= 0.3 is 0 Å². The van der Waals surface area contributed by atoms with Crippen molar-refractivity contribution >= 4 is 11.7 Å². The van der Waals surface area contributed by atoms with Gasteiger partial charge in [0.25, 0.3) is 0 Å². The molecule has 0 spiro atoms. The third-order valence-electron chi connectivity index (χ3n) is 4.95. The predicted octanol–water partition coefficient (Wildman–Crippen LogP) is 2.31. The minimum atomic E-state index is 0.108. The number of amides is 1. The summed E-state index contributed by atoms with van der Waals surface area (Å²) in [4.78, 5) is 27.5. The van der Waals surface area contributed by atoms with Crippen LogP contribution in [-0.2, 0) is 9.59 Å². The van der Waals surface area contributed by atoms with Crippen LogP contribution in [0.2, 0.25) is 0 Å². The van der Waals surface area contributed by atoms with Crippen molar-refractivity contribution in [3.05, 3.63) is 0 Å². The van der Waals surface area contributed by atoms with Crippen LogP contribution in [-0.4, -0.2) is 67.3 Å². The van der Waals surface area contributed by atoms with E-state index in [1.54, 1.807) is 6.92 Å². The average molecular weight is 340 g/mol. The molecule has 2 fully saturated rings. The first kappa shape index (κ1) is 21.1. The molecule has 0 aromatic heterocycles. The number of carbonyl (C=O) groups excluding carboxylic acids is 2. The van der Waals surface area contributed by atoms with E-state index in [-0.39, 0.29) is 11.7 Å². The highest BCUT2D eigenvalue weighted by Gasteiger charge is 2.22. The van der Waals surface area contributed by atoms with E-state index in [1.807, 2.05) is 18.7 Å². The topological polar surface area (TPSA) is 52.7 Å². The van der Waals surface area contributed by atoms with Crippen LogP contribution in [0, 0.1) is 5.92 Å². The number of likely N-dealkylation sites (tertiary alicyclic amines) is 1. The Bertz CT molecular complexity index is 360. The van der Waals surface area contributed by atoms with Gasteiger partial charge in [0.05, 0.1) is 0 Å². The number of ketones is 1. The van der Waals surface area contributed by atoms with Crippen LogP contribution >= 0.6 is 0 Å². The quantitative estimate of drug-likeness (QED) is 0.773. The summed E-state index contributed by atoms with van der Waals surface area (Å²) in [6, 6.07) is 0. The molecule has 140 valence electrons. The van der Waals surface area contributed by atoms with Gasteiger partial charge < -0.3 is 19.9 Å². The Morgan fingerprint density at radius 2 is 1.62 bits per heavy atom. The van der Waals surface area contributed by atoms with Crippen molar-refractivity contribution in [2.45, 2.75) is 59.3 Å². The Hall–Kier alpha value is -0.940. The van der Waals surface area contributed by atoms with E-state index in [9.17, 15) is 9.59 Å². The van der Waals surface area contributed by atoms with Crippen LogP contribution in [0.5, 0.6) is 0 Å². The lowest BCUT2D eigenvalue weighted by atomic mass is 9.92. The molecule has 0 atom stereocenters. The number of carbonyl (C=O) groups is 2. The summed E-state index contributed by atoms with van der Waals surface area (Å²) in [6.45, 7) is 13.2. The molecule has 2 heterocycles. The van der Waals surface area contributed by atoms with Gasteiger partial charge in [0.2, 0.25) is 5.91 Å². The lowest BCUT2D eigenvalue weighted by molar-refractivity contribution is -0.134. The van der Waals surface area contributed by atoms with Gasteiger partial charge in [0.15, 0.2) is 0 Å². The number of Topliss-reactive ketones (excluding diaryl/α,β-unsaturated/α-hetero) is 1. The van der Waals surface area contributed by atoms with Crippen molar-refractivity contribution in [2.75, 3.05) is 45.8 Å². The third-order valence-corrected chi connectivity index (χ3v) is 4.95. The average Bonchev–Trinajstić information content (AvgIpc) is 2.63. The summed E-state index contributed by atoms with van der Waals surface area (Å²) in [5.74, 6) is 1.05. The smallest absolute Gasteiger partial charge is 0.223 e. The van der Waals surface area contributed by atoms with E-state index in [0.717, 1.165) is 44.9 Å². The molecule has 5 nitrogen and oxygen atoms in total. The fraction of sp³-hybridized carbons (Fsp3) is 0.895.